The van der Waals surface area contributed by atoms with Crippen LogP contribution in [0.25, 0.3) is 0 Å². The molecule has 0 fully saturated rings. The summed E-state index contributed by atoms with van der Waals surface area (Å²) < 4.78 is 18.2. The molecule has 0 saturated heterocycles. The highest BCUT2D eigenvalue weighted by Gasteiger charge is 2.13. The molecule has 0 spiro atoms. The van der Waals surface area contributed by atoms with E-state index in [0.717, 1.165) is 12.1 Å². The van der Waals surface area contributed by atoms with Gasteiger partial charge in [-0.15, -0.1) is 0 Å². The van der Waals surface area contributed by atoms with Crippen molar-refractivity contribution in [1.29, 1.82) is 0 Å². The number of phenolic OH excluding ortho intramolecular Hbond substituents is 1. The maximum absolute atomic E-state index is 13.2. The molecule has 0 aliphatic rings. The van der Waals surface area contributed by atoms with Gasteiger partial charge in [0.2, 0.25) is 5.82 Å². The molecule has 0 radical (unpaired) electrons. The quantitative estimate of drug-likeness (QED) is 0.532. The van der Waals surface area contributed by atoms with Gasteiger partial charge in [-0.2, -0.15) is 4.39 Å². The van der Waals surface area contributed by atoms with E-state index >= 15 is 0 Å². The third-order valence-corrected chi connectivity index (χ3v) is 2.71. The molecule has 6 nitrogen and oxygen atoms in total. The lowest BCUT2D eigenvalue weighted by molar-refractivity contribution is -0.387. The Morgan fingerprint density at radius 2 is 2.10 bits per heavy atom. The first kappa shape index (κ1) is 14.4. The van der Waals surface area contributed by atoms with E-state index < -0.39 is 16.4 Å². The van der Waals surface area contributed by atoms with Gasteiger partial charge in [0.05, 0.1) is 17.7 Å². The van der Waals surface area contributed by atoms with Gasteiger partial charge < -0.3 is 9.84 Å². The lowest BCUT2D eigenvalue weighted by Gasteiger charge is -2.03. The third-order valence-electron chi connectivity index (χ3n) is 2.71. The summed E-state index contributed by atoms with van der Waals surface area (Å²) in [5, 5.41) is 20.3. The summed E-state index contributed by atoms with van der Waals surface area (Å²) in [6.07, 6.45) is 1.31. The first-order chi connectivity index (χ1) is 10.0. The highest BCUT2D eigenvalue weighted by molar-refractivity contribution is 5.86. The Kier molecular flexibility index (Phi) is 4.13. The first-order valence-corrected chi connectivity index (χ1v) is 5.86. The number of hydrogen-bond acceptors (Lipinski definition) is 5. The van der Waals surface area contributed by atoms with E-state index in [4.69, 9.17) is 4.74 Å². The minimum atomic E-state index is -0.928. The van der Waals surface area contributed by atoms with Crippen molar-refractivity contribution in [3.05, 3.63) is 57.9 Å². The van der Waals surface area contributed by atoms with Crippen molar-refractivity contribution in [2.45, 2.75) is 0 Å². The smallest absolute Gasteiger partial charge is 0.306 e. The Balaban J connectivity index is 2.33. The Labute approximate surface area is 119 Å². The monoisotopic (exact) mass is 290 g/mol. The van der Waals surface area contributed by atoms with Crippen molar-refractivity contribution in [2.24, 2.45) is 4.99 Å². The van der Waals surface area contributed by atoms with Gasteiger partial charge in [-0.05, 0) is 30.3 Å². The molecule has 7 heteroatoms. The lowest BCUT2D eigenvalue weighted by Crippen LogP contribution is -1.91. The molecule has 0 unspecified atom stereocenters. The van der Waals surface area contributed by atoms with E-state index in [1.165, 1.54) is 25.5 Å². The van der Waals surface area contributed by atoms with Gasteiger partial charge in [-0.25, -0.2) is 0 Å². The Morgan fingerprint density at radius 1 is 1.33 bits per heavy atom. The summed E-state index contributed by atoms with van der Waals surface area (Å²) in [6, 6.07) is 7.86. The van der Waals surface area contributed by atoms with E-state index in [9.17, 15) is 19.6 Å². The van der Waals surface area contributed by atoms with Gasteiger partial charge in [-0.1, -0.05) is 0 Å². The number of aliphatic imine (C=N–C) groups is 1. The molecular formula is C14H11FN2O4. The molecule has 2 aromatic carbocycles. The van der Waals surface area contributed by atoms with Crippen molar-refractivity contribution in [3.8, 4) is 11.5 Å². The van der Waals surface area contributed by atoms with Crippen LogP contribution in [0.4, 0.5) is 15.8 Å². The fraction of sp³-hybridized carbons (Fsp3) is 0.0714. The Hall–Kier alpha value is -2.96. The van der Waals surface area contributed by atoms with Crippen LogP contribution in [-0.2, 0) is 0 Å². The highest BCUT2D eigenvalue weighted by atomic mass is 19.1. The molecule has 0 amide bonds. The zero-order valence-corrected chi connectivity index (χ0v) is 11.0. The summed E-state index contributed by atoms with van der Waals surface area (Å²) in [5.41, 5.74) is -0.0776. The zero-order chi connectivity index (χ0) is 15.4. The number of ether oxygens (including phenoxy) is 1. The molecule has 0 bridgehead atoms. The fourth-order valence-electron chi connectivity index (χ4n) is 1.63. The standard InChI is InChI=1S/C14H11FN2O4/c1-21-11-3-5-14(18)9(6-11)8-16-10-2-4-12(15)13(7-10)17(19)20/h2-8,18H,1H3. The number of benzene rings is 2. The summed E-state index contributed by atoms with van der Waals surface area (Å²) in [7, 11) is 1.48. The molecule has 0 atom stereocenters. The second-order valence-corrected chi connectivity index (χ2v) is 4.08. The molecular weight excluding hydrogens is 279 g/mol. The van der Waals surface area contributed by atoms with Gasteiger partial charge in [0.25, 0.3) is 0 Å². The molecule has 0 aliphatic heterocycles. The summed E-state index contributed by atoms with van der Waals surface area (Å²) in [6.45, 7) is 0. The van der Waals surface area contributed by atoms with Crippen LogP contribution in [0.3, 0.4) is 0 Å². The largest absolute Gasteiger partial charge is 0.507 e. The second-order valence-electron chi connectivity index (χ2n) is 4.08. The second kappa shape index (κ2) is 6.00. The van der Waals surface area contributed by atoms with Gasteiger partial charge in [0.15, 0.2) is 0 Å². The van der Waals surface area contributed by atoms with E-state index in [2.05, 4.69) is 4.99 Å². The number of nitrogens with zero attached hydrogens (tertiary/aromatic N) is 2. The van der Waals surface area contributed by atoms with E-state index in [1.54, 1.807) is 12.1 Å². The average Bonchev–Trinajstić information content (AvgIpc) is 2.47. The van der Waals surface area contributed by atoms with Crippen LogP contribution >= 0.6 is 0 Å². The fourth-order valence-corrected chi connectivity index (χ4v) is 1.63. The molecule has 1 N–H and O–H groups in total. The lowest BCUT2D eigenvalue weighted by atomic mass is 10.2. The van der Waals surface area contributed by atoms with Gasteiger partial charge in [0, 0.05) is 17.8 Å². The van der Waals surface area contributed by atoms with Crippen molar-refractivity contribution in [3.63, 3.8) is 0 Å². The van der Waals surface area contributed by atoms with Crippen LogP contribution in [0.2, 0.25) is 0 Å². The number of hydrogen-bond donors (Lipinski definition) is 1. The van der Waals surface area contributed by atoms with E-state index in [1.807, 2.05) is 0 Å². The summed E-state index contributed by atoms with van der Waals surface area (Å²) in [4.78, 5) is 13.8. The summed E-state index contributed by atoms with van der Waals surface area (Å²) >= 11 is 0. The molecule has 2 aromatic rings. The van der Waals surface area contributed by atoms with Crippen molar-refractivity contribution >= 4 is 17.6 Å². The van der Waals surface area contributed by atoms with Crippen LogP contribution in [0.1, 0.15) is 5.56 Å². The first-order valence-electron chi connectivity index (χ1n) is 5.86. The van der Waals surface area contributed by atoms with Gasteiger partial charge >= 0.3 is 5.69 Å². The molecule has 21 heavy (non-hydrogen) atoms. The molecule has 0 heterocycles. The average molecular weight is 290 g/mol. The molecule has 0 saturated carbocycles. The van der Waals surface area contributed by atoms with E-state index in [0.29, 0.717) is 11.3 Å². The third kappa shape index (κ3) is 3.33. The molecule has 2 rings (SSSR count). The maximum atomic E-state index is 13.2. The zero-order valence-electron chi connectivity index (χ0n) is 11.0. The van der Waals surface area contributed by atoms with E-state index in [-0.39, 0.29) is 11.4 Å². The topological polar surface area (TPSA) is 85.0 Å². The normalized spacial score (nSPS) is 10.8. The van der Waals surface area contributed by atoms with Crippen LogP contribution < -0.4 is 4.74 Å². The molecule has 0 aliphatic carbocycles. The van der Waals surface area contributed by atoms with Crippen LogP contribution in [0, 0.1) is 15.9 Å². The maximum Gasteiger partial charge on any atom is 0.306 e. The number of rotatable bonds is 4. The Bertz CT molecular complexity index is 716. The number of nitro benzene ring substituents is 1. The van der Waals surface area contributed by atoms with Crippen LogP contribution in [0.5, 0.6) is 11.5 Å². The minimum Gasteiger partial charge on any atom is -0.507 e. The SMILES string of the molecule is COc1ccc(O)c(C=Nc2ccc(F)c([N+](=O)[O-])c2)c1. The number of halogens is 1. The van der Waals surface area contributed by atoms with Gasteiger partial charge in [0.1, 0.15) is 11.5 Å². The van der Waals surface area contributed by atoms with Crippen LogP contribution in [0.15, 0.2) is 41.4 Å². The number of nitro groups is 1. The molecule has 108 valence electrons. The number of methoxy groups -OCH3 is 1. The highest BCUT2D eigenvalue weighted by Crippen LogP contribution is 2.25. The van der Waals surface area contributed by atoms with Crippen LogP contribution in [-0.4, -0.2) is 23.4 Å². The molecule has 0 aromatic heterocycles. The predicted molar refractivity (Wildman–Crippen MR) is 75.0 cm³/mol. The van der Waals surface area contributed by atoms with Crippen molar-refractivity contribution < 1.29 is 19.2 Å². The van der Waals surface area contributed by atoms with Crippen molar-refractivity contribution in [1.82, 2.24) is 0 Å². The van der Waals surface area contributed by atoms with Gasteiger partial charge in [-0.3, -0.25) is 15.1 Å². The Morgan fingerprint density at radius 3 is 2.76 bits per heavy atom. The summed E-state index contributed by atoms with van der Waals surface area (Å²) in [5.74, 6) is -0.418. The minimum absolute atomic E-state index is 0.0174. The van der Waals surface area contributed by atoms with Crippen molar-refractivity contribution in [2.75, 3.05) is 7.11 Å². The predicted octanol–water partition coefficient (Wildman–Crippen LogP) is 3.20. The number of aromatic hydroxyl groups is 1. The number of phenols is 1.